The Kier molecular flexibility index (Phi) is 6.43. The molecule has 1 fully saturated rings. The summed E-state index contributed by atoms with van der Waals surface area (Å²) in [5, 5.41) is 2.93. The number of hydrogen-bond donors (Lipinski definition) is 1. The smallest absolute Gasteiger partial charge is 0.317 e. The number of methoxy groups -OCH3 is 1. The summed E-state index contributed by atoms with van der Waals surface area (Å²) in [7, 11) is 5.37. The molecule has 5 nitrogen and oxygen atoms in total. The fourth-order valence-corrected chi connectivity index (χ4v) is 3.05. The van der Waals surface area contributed by atoms with Crippen molar-refractivity contribution in [2.24, 2.45) is 5.92 Å². The van der Waals surface area contributed by atoms with E-state index in [0.29, 0.717) is 11.5 Å². The lowest BCUT2D eigenvalue weighted by atomic mass is 9.97. The zero-order chi connectivity index (χ0) is 17.7. The van der Waals surface area contributed by atoms with Crippen molar-refractivity contribution in [1.82, 2.24) is 15.1 Å². The van der Waals surface area contributed by atoms with E-state index < -0.39 is 5.82 Å². The average molecular weight is 337 g/mol. The average Bonchev–Trinajstić information content (AvgIpc) is 2.56. The summed E-state index contributed by atoms with van der Waals surface area (Å²) in [6.45, 7) is 4.77. The zero-order valence-electron chi connectivity index (χ0n) is 15.0. The number of amides is 2. The molecule has 134 valence electrons. The highest BCUT2D eigenvalue weighted by atomic mass is 19.1. The van der Waals surface area contributed by atoms with Gasteiger partial charge >= 0.3 is 6.03 Å². The van der Waals surface area contributed by atoms with Crippen LogP contribution in [-0.4, -0.2) is 56.7 Å². The van der Waals surface area contributed by atoms with Crippen molar-refractivity contribution < 1.29 is 13.9 Å². The molecule has 0 saturated carbocycles. The van der Waals surface area contributed by atoms with Gasteiger partial charge in [0.2, 0.25) is 0 Å². The van der Waals surface area contributed by atoms with E-state index in [4.69, 9.17) is 4.74 Å². The first-order chi connectivity index (χ1) is 11.4. The first-order valence-electron chi connectivity index (χ1n) is 8.44. The Morgan fingerprint density at radius 2 is 2.12 bits per heavy atom. The van der Waals surface area contributed by atoms with Gasteiger partial charge in [-0.2, -0.15) is 0 Å². The SMILES string of the molecule is COc1ccc(C(C)NC(=O)N(C)CC2CCN(C)CC2)cc1F. The number of carbonyl (C=O) groups is 1. The number of halogens is 1. The molecule has 2 amide bonds. The van der Waals surface area contributed by atoms with Gasteiger partial charge in [-0.25, -0.2) is 9.18 Å². The normalized spacial score (nSPS) is 17.4. The van der Waals surface area contributed by atoms with Crippen LogP contribution in [0.4, 0.5) is 9.18 Å². The lowest BCUT2D eigenvalue weighted by Gasteiger charge is -2.32. The van der Waals surface area contributed by atoms with E-state index >= 15 is 0 Å². The van der Waals surface area contributed by atoms with Crippen molar-refractivity contribution in [3.05, 3.63) is 29.6 Å². The van der Waals surface area contributed by atoms with E-state index in [1.807, 2.05) is 14.0 Å². The Labute approximate surface area is 143 Å². The van der Waals surface area contributed by atoms with Gasteiger partial charge in [0, 0.05) is 13.6 Å². The third-order valence-electron chi connectivity index (χ3n) is 4.73. The predicted octanol–water partition coefficient (Wildman–Crippen LogP) is 2.88. The minimum atomic E-state index is -0.421. The highest BCUT2D eigenvalue weighted by Crippen LogP contribution is 2.22. The van der Waals surface area contributed by atoms with Gasteiger partial charge in [0.15, 0.2) is 11.6 Å². The van der Waals surface area contributed by atoms with Gasteiger partial charge in [0.1, 0.15) is 0 Å². The number of piperidine rings is 1. The van der Waals surface area contributed by atoms with E-state index in [-0.39, 0.29) is 17.8 Å². The minimum Gasteiger partial charge on any atom is -0.494 e. The maximum absolute atomic E-state index is 13.8. The molecule has 1 unspecified atom stereocenters. The topological polar surface area (TPSA) is 44.8 Å². The number of nitrogens with one attached hydrogen (secondary N) is 1. The molecule has 1 aromatic rings. The Bertz CT molecular complexity index is 559. The van der Waals surface area contributed by atoms with Crippen LogP contribution in [0.1, 0.15) is 31.4 Å². The summed E-state index contributed by atoms with van der Waals surface area (Å²) >= 11 is 0. The fraction of sp³-hybridized carbons (Fsp3) is 0.611. The molecule has 0 spiro atoms. The number of hydrogen-bond acceptors (Lipinski definition) is 3. The van der Waals surface area contributed by atoms with E-state index in [0.717, 1.165) is 32.5 Å². The standard InChI is InChI=1S/C18H28FN3O2/c1-13(15-5-6-17(24-4)16(19)11-15)20-18(23)22(3)12-14-7-9-21(2)10-8-14/h5-6,11,13-14H,7-10,12H2,1-4H3,(H,20,23). The summed E-state index contributed by atoms with van der Waals surface area (Å²) in [6.07, 6.45) is 2.24. The van der Waals surface area contributed by atoms with Crippen molar-refractivity contribution >= 4 is 6.03 Å². The molecule has 1 saturated heterocycles. The van der Waals surface area contributed by atoms with E-state index in [2.05, 4.69) is 17.3 Å². The van der Waals surface area contributed by atoms with Crippen LogP contribution in [0.25, 0.3) is 0 Å². The molecule has 0 radical (unpaired) electrons. The molecule has 0 aliphatic carbocycles. The van der Waals surface area contributed by atoms with Crippen LogP contribution in [0.5, 0.6) is 5.75 Å². The van der Waals surface area contributed by atoms with Crippen LogP contribution in [0.3, 0.4) is 0 Å². The van der Waals surface area contributed by atoms with Crippen LogP contribution in [-0.2, 0) is 0 Å². The third kappa shape index (κ3) is 4.84. The summed E-state index contributed by atoms with van der Waals surface area (Å²) in [6, 6.07) is 4.36. The summed E-state index contributed by atoms with van der Waals surface area (Å²) < 4.78 is 18.7. The Balaban J connectivity index is 1.87. The zero-order valence-corrected chi connectivity index (χ0v) is 15.0. The minimum absolute atomic E-state index is 0.127. The number of urea groups is 1. The highest BCUT2D eigenvalue weighted by molar-refractivity contribution is 5.74. The Morgan fingerprint density at radius 1 is 1.46 bits per heavy atom. The number of benzene rings is 1. The van der Waals surface area contributed by atoms with Crippen molar-refractivity contribution in [1.29, 1.82) is 0 Å². The van der Waals surface area contributed by atoms with E-state index in [1.165, 1.54) is 13.2 Å². The van der Waals surface area contributed by atoms with Crippen LogP contribution in [0.2, 0.25) is 0 Å². The van der Waals surface area contributed by atoms with Crippen LogP contribution in [0.15, 0.2) is 18.2 Å². The second-order valence-electron chi connectivity index (χ2n) is 6.69. The van der Waals surface area contributed by atoms with Crippen molar-refractivity contribution in [2.45, 2.75) is 25.8 Å². The lowest BCUT2D eigenvalue weighted by Crippen LogP contribution is -2.43. The predicted molar refractivity (Wildman–Crippen MR) is 92.7 cm³/mol. The van der Waals surface area contributed by atoms with Crippen molar-refractivity contribution in [3.8, 4) is 5.75 Å². The Hall–Kier alpha value is -1.82. The largest absolute Gasteiger partial charge is 0.494 e. The molecular formula is C18H28FN3O2. The summed E-state index contributed by atoms with van der Waals surface area (Å²) in [4.78, 5) is 16.4. The third-order valence-corrected chi connectivity index (χ3v) is 4.73. The maximum Gasteiger partial charge on any atom is 0.317 e. The van der Waals surface area contributed by atoms with E-state index in [9.17, 15) is 9.18 Å². The van der Waals surface area contributed by atoms with Gasteiger partial charge in [-0.1, -0.05) is 6.07 Å². The highest BCUT2D eigenvalue weighted by Gasteiger charge is 2.21. The van der Waals surface area contributed by atoms with Gasteiger partial charge in [0.05, 0.1) is 13.2 Å². The fourth-order valence-electron chi connectivity index (χ4n) is 3.05. The monoisotopic (exact) mass is 337 g/mol. The second kappa shape index (κ2) is 8.33. The molecule has 0 aromatic heterocycles. The molecule has 6 heteroatoms. The van der Waals surface area contributed by atoms with Gasteiger partial charge in [0.25, 0.3) is 0 Å². The Morgan fingerprint density at radius 3 is 2.71 bits per heavy atom. The summed E-state index contributed by atoms with van der Waals surface area (Å²) in [5.41, 5.74) is 0.717. The molecule has 1 atom stereocenters. The molecule has 1 aliphatic rings. The van der Waals surface area contributed by atoms with Crippen LogP contribution < -0.4 is 10.1 Å². The number of ether oxygens (including phenoxy) is 1. The number of rotatable bonds is 5. The first kappa shape index (κ1) is 18.5. The molecule has 24 heavy (non-hydrogen) atoms. The molecular weight excluding hydrogens is 309 g/mol. The summed E-state index contributed by atoms with van der Waals surface area (Å²) in [5.74, 6) is 0.332. The molecule has 1 heterocycles. The van der Waals surface area contributed by atoms with E-state index in [1.54, 1.807) is 17.0 Å². The van der Waals surface area contributed by atoms with Crippen molar-refractivity contribution in [2.75, 3.05) is 40.8 Å². The molecule has 1 aliphatic heterocycles. The van der Waals surface area contributed by atoms with Crippen LogP contribution in [0, 0.1) is 11.7 Å². The van der Waals surface area contributed by atoms with Gasteiger partial charge in [-0.3, -0.25) is 0 Å². The quantitative estimate of drug-likeness (QED) is 0.898. The molecule has 0 bridgehead atoms. The van der Waals surface area contributed by atoms with Gasteiger partial charge in [-0.15, -0.1) is 0 Å². The molecule has 1 aromatic carbocycles. The number of likely N-dealkylation sites (tertiary alicyclic amines) is 1. The van der Waals surface area contributed by atoms with Crippen molar-refractivity contribution in [3.63, 3.8) is 0 Å². The van der Waals surface area contributed by atoms with Crippen LogP contribution >= 0.6 is 0 Å². The first-order valence-corrected chi connectivity index (χ1v) is 8.44. The molecule has 1 N–H and O–H groups in total. The second-order valence-corrected chi connectivity index (χ2v) is 6.69. The lowest BCUT2D eigenvalue weighted by molar-refractivity contribution is 0.168. The number of carbonyl (C=O) groups excluding carboxylic acids is 1. The van der Waals surface area contributed by atoms with Gasteiger partial charge < -0.3 is 19.9 Å². The van der Waals surface area contributed by atoms with Gasteiger partial charge in [-0.05, 0) is 63.5 Å². The number of nitrogens with zero attached hydrogens (tertiary/aromatic N) is 2. The molecule has 2 rings (SSSR count). The maximum atomic E-state index is 13.8.